The number of rotatable bonds is 11. The van der Waals surface area contributed by atoms with Crippen LogP contribution in [-0.2, 0) is 45.9 Å². The van der Waals surface area contributed by atoms with E-state index in [2.05, 4.69) is 9.97 Å². The Hall–Kier alpha value is -2.29. The summed E-state index contributed by atoms with van der Waals surface area (Å²) in [5.74, 6) is 0.975. The molecule has 0 unspecified atom stereocenters. The lowest BCUT2D eigenvalue weighted by molar-refractivity contribution is 0.234. The number of aromatic nitrogens is 4. The summed E-state index contributed by atoms with van der Waals surface area (Å²) in [7, 11) is -1.78. The van der Waals surface area contributed by atoms with Crippen LogP contribution in [0.5, 0.6) is 0 Å². The fraction of sp³-hybridized carbons (Fsp3) is 0.400. The van der Waals surface area contributed by atoms with Gasteiger partial charge in [-0.05, 0) is 11.1 Å². The van der Waals surface area contributed by atoms with E-state index in [9.17, 15) is 16.8 Å². The van der Waals surface area contributed by atoms with Gasteiger partial charge in [0.05, 0.1) is 13.1 Å². The van der Waals surface area contributed by atoms with Crippen molar-refractivity contribution < 1.29 is 16.8 Å². The average molecular weight is 530 g/mol. The van der Waals surface area contributed by atoms with Gasteiger partial charge in [0, 0.05) is 65.4 Å². The maximum atomic E-state index is 12.7. The predicted molar refractivity (Wildman–Crippen MR) is 129 cm³/mol. The highest BCUT2D eigenvalue weighted by Crippen LogP contribution is 2.17. The first-order valence-electron chi connectivity index (χ1n) is 10.2. The molecular weight excluding hydrogens is 502 g/mol. The number of benzene rings is 1. The molecule has 0 aliphatic carbocycles. The van der Waals surface area contributed by atoms with Gasteiger partial charge >= 0.3 is 20.4 Å². The minimum atomic E-state index is -3.77. The molecule has 0 aliphatic rings. The summed E-state index contributed by atoms with van der Waals surface area (Å²) in [6.07, 6.45) is 5.60. The van der Waals surface area contributed by atoms with Gasteiger partial charge in [-0.25, -0.2) is 17.9 Å². The van der Waals surface area contributed by atoms with E-state index in [0.717, 1.165) is 27.7 Å². The van der Waals surface area contributed by atoms with Crippen LogP contribution in [0, 0.1) is 0 Å². The van der Waals surface area contributed by atoms with Crippen LogP contribution in [0.25, 0.3) is 0 Å². The third kappa shape index (κ3) is 5.67. The Balaban J connectivity index is 1.97. The number of alkyl halides is 1. The molecule has 0 atom stereocenters. The topological polar surface area (TPSA) is 114 Å². The Morgan fingerprint density at radius 3 is 1.53 bits per heavy atom. The van der Waals surface area contributed by atoms with Crippen LogP contribution in [0.1, 0.15) is 22.8 Å². The summed E-state index contributed by atoms with van der Waals surface area (Å²) in [6.45, 7) is 0.657. The molecule has 1 aromatic carbocycles. The number of hydrogen-bond acceptors (Lipinski definition) is 7. The first kappa shape index (κ1) is 26.3. The molecule has 0 N–H and O–H groups in total. The van der Waals surface area contributed by atoms with Crippen LogP contribution in [0.15, 0.2) is 49.1 Å². The summed E-state index contributed by atoms with van der Waals surface area (Å²) in [6, 6.07) is 7.68. The van der Waals surface area contributed by atoms with Gasteiger partial charge in [-0.3, -0.25) is 4.90 Å². The van der Waals surface area contributed by atoms with Crippen molar-refractivity contribution in [2.24, 2.45) is 0 Å². The Labute approximate surface area is 205 Å². The van der Waals surface area contributed by atoms with E-state index in [0.29, 0.717) is 24.1 Å². The lowest BCUT2D eigenvalue weighted by Gasteiger charge is -2.24. The van der Waals surface area contributed by atoms with Gasteiger partial charge in [0.1, 0.15) is 11.6 Å². The van der Waals surface area contributed by atoms with Crippen LogP contribution >= 0.6 is 11.6 Å². The van der Waals surface area contributed by atoms with Gasteiger partial charge in [-0.2, -0.15) is 25.4 Å². The zero-order chi connectivity index (χ0) is 25.1. The Bertz CT molecular complexity index is 1240. The first-order valence-corrected chi connectivity index (χ1v) is 13.6. The smallest absolute Gasteiger partial charge is 0.284 e. The normalized spacial score (nSPS) is 12.8. The van der Waals surface area contributed by atoms with Gasteiger partial charge in [0.2, 0.25) is 0 Å². The summed E-state index contributed by atoms with van der Waals surface area (Å²) in [5, 5.41) is 0. The summed E-state index contributed by atoms with van der Waals surface area (Å²) in [5.41, 5.74) is 1.91. The molecule has 0 saturated carbocycles. The zero-order valence-corrected chi connectivity index (χ0v) is 21.8. The number of nitrogens with zero attached hydrogens (tertiary/aromatic N) is 7. The van der Waals surface area contributed by atoms with E-state index < -0.39 is 20.4 Å². The lowest BCUT2D eigenvalue weighted by Crippen LogP contribution is -2.34. The molecule has 0 fully saturated rings. The number of hydrogen-bond donors (Lipinski definition) is 0. The van der Waals surface area contributed by atoms with E-state index in [1.54, 1.807) is 0 Å². The van der Waals surface area contributed by atoms with Crippen molar-refractivity contribution in [3.63, 3.8) is 0 Å². The second kappa shape index (κ2) is 10.5. The molecule has 0 amide bonds. The molecule has 34 heavy (non-hydrogen) atoms. The third-order valence-corrected chi connectivity index (χ3v) is 8.91. The minimum absolute atomic E-state index is 0.131. The molecule has 186 valence electrons. The molecular formula is C20H28ClN7O4S2. The van der Waals surface area contributed by atoms with E-state index in [4.69, 9.17) is 11.6 Å². The van der Waals surface area contributed by atoms with Crippen LogP contribution in [-0.4, -0.2) is 76.4 Å². The highest BCUT2D eigenvalue weighted by atomic mass is 35.5. The Morgan fingerprint density at radius 1 is 0.735 bits per heavy atom. The fourth-order valence-corrected chi connectivity index (χ4v) is 5.24. The highest BCUT2D eigenvalue weighted by molar-refractivity contribution is 7.87. The van der Waals surface area contributed by atoms with Crippen molar-refractivity contribution in [2.45, 2.75) is 25.5 Å². The maximum absolute atomic E-state index is 12.7. The minimum Gasteiger partial charge on any atom is -0.284 e. The van der Waals surface area contributed by atoms with E-state index in [-0.39, 0.29) is 13.1 Å². The molecule has 14 heteroatoms. The van der Waals surface area contributed by atoms with E-state index in [1.165, 1.54) is 53.0 Å². The second-order valence-electron chi connectivity index (χ2n) is 7.95. The predicted octanol–water partition coefficient (Wildman–Crippen LogP) is 1.33. The zero-order valence-electron chi connectivity index (χ0n) is 19.4. The van der Waals surface area contributed by atoms with Crippen LogP contribution in [0.4, 0.5) is 0 Å². The molecule has 0 aliphatic heterocycles. The van der Waals surface area contributed by atoms with E-state index in [1.807, 2.05) is 29.2 Å². The average Bonchev–Trinajstić information content (AvgIpc) is 3.44. The van der Waals surface area contributed by atoms with Gasteiger partial charge < -0.3 is 0 Å². The van der Waals surface area contributed by atoms with Crippen molar-refractivity contribution in [3.8, 4) is 0 Å². The largest absolute Gasteiger partial charge is 0.308 e. The lowest BCUT2D eigenvalue weighted by atomic mass is 10.1. The Morgan fingerprint density at radius 2 is 1.15 bits per heavy atom. The van der Waals surface area contributed by atoms with Gasteiger partial charge in [-0.15, -0.1) is 11.6 Å². The monoisotopic (exact) mass is 529 g/mol. The molecule has 2 aromatic heterocycles. The molecule has 2 heterocycles. The Kier molecular flexibility index (Phi) is 8.16. The third-order valence-electron chi connectivity index (χ3n) is 5.09. The van der Waals surface area contributed by atoms with Crippen LogP contribution < -0.4 is 0 Å². The molecule has 3 aromatic rings. The van der Waals surface area contributed by atoms with Crippen LogP contribution in [0.3, 0.4) is 0 Å². The van der Waals surface area contributed by atoms with Gasteiger partial charge in [0.15, 0.2) is 0 Å². The van der Waals surface area contributed by atoms with Gasteiger partial charge in [0.25, 0.3) is 0 Å². The summed E-state index contributed by atoms with van der Waals surface area (Å²) >= 11 is 5.89. The molecule has 11 nitrogen and oxygen atoms in total. The number of imidazole rings is 2. The molecule has 3 rings (SSSR count). The van der Waals surface area contributed by atoms with Gasteiger partial charge in [-0.1, -0.05) is 24.3 Å². The fourth-order valence-electron chi connectivity index (χ4n) is 3.20. The number of halogens is 1. The summed E-state index contributed by atoms with van der Waals surface area (Å²) in [4.78, 5) is 10.4. The van der Waals surface area contributed by atoms with Crippen molar-refractivity contribution in [1.29, 1.82) is 0 Å². The molecule has 0 saturated heterocycles. The van der Waals surface area contributed by atoms with E-state index >= 15 is 0 Å². The van der Waals surface area contributed by atoms with Crippen molar-refractivity contribution in [3.05, 3.63) is 71.8 Å². The quantitative estimate of drug-likeness (QED) is 0.344. The van der Waals surface area contributed by atoms with Crippen molar-refractivity contribution in [2.75, 3.05) is 28.2 Å². The maximum Gasteiger partial charge on any atom is 0.308 e. The first-order chi connectivity index (χ1) is 16.0. The van der Waals surface area contributed by atoms with Crippen molar-refractivity contribution >= 4 is 32.0 Å². The highest BCUT2D eigenvalue weighted by Gasteiger charge is 2.24. The molecule has 0 bridgehead atoms. The standard InChI is InChI=1S/C20H28ClN7O4S2/c1-24(2)33(29,30)27-11-9-22-19(27)15-26(14-18-7-5-17(13-21)6-8-18)16-20-23-10-12-28(20)34(31,32)25(3)4/h5-12H,13-16H2,1-4H3. The van der Waals surface area contributed by atoms with Crippen LogP contribution in [0.2, 0.25) is 0 Å². The molecule has 0 spiro atoms. The SMILES string of the molecule is CN(C)S(=O)(=O)n1ccnc1CN(Cc1ccc(CCl)cc1)Cc1nccn1S(=O)(=O)N(C)C. The molecule has 0 radical (unpaired) electrons. The summed E-state index contributed by atoms with van der Waals surface area (Å²) < 4.78 is 55.3. The van der Waals surface area contributed by atoms with Crippen molar-refractivity contribution in [1.82, 2.24) is 31.4 Å². The second-order valence-corrected chi connectivity index (χ2v) is 12.3.